The molecule has 2 rings (SSSR count). The Hall–Kier alpha value is -2.08. The summed E-state index contributed by atoms with van der Waals surface area (Å²) in [4.78, 5) is 4.15. The van der Waals surface area contributed by atoms with E-state index in [1.165, 1.54) is 6.07 Å². The van der Waals surface area contributed by atoms with E-state index in [0.717, 1.165) is 5.56 Å². The van der Waals surface area contributed by atoms with Crippen LogP contribution < -0.4 is 10.0 Å². The fourth-order valence-corrected chi connectivity index (χ4v) is 3.18. The number of sulfonamides is 1. The number of hydrogen-bond acceptors (Lipinski definition) is 4. The first-order valence-electron chi connectivity index (χ1n) is 6.69. The molecule has 1 aromatic heterocycles. The predicted octanol–water partition coefficient (Wildman–Crippen LogP) is 3.05. The van der Waals surface area contributed by atoms with Crippen molar-refractivity contribution >= 4 is 21.5 Å². The number of aromatic nitrogens is 1. The summed E-state index contributed by atoms with van der Waals surface area (Å²) in [7, 11) is -2.03. The molecule has 0 radical (unpaired) electrons. The second-order valence-corrected chi connectivity index (χ2v) is 6.64. The molecule has 0 aliphatic rings. The molecule has 0 unspecified atom stereocenters. The third kappa shape index (κ3) is 3.52. The van der Waals surface area contributed by atoms with Gasteiger partial charge in [0.15, 0.2) is 0 Å². The van der Waals surface area contributed by atoms with E-state index < -0.39 is 10.0 Å². The maximum absolute atomic E-state index is 12.5. The standard InChI is InChI=1S/C15H19N3O2S/c1-11(2)12-6-4-7-13(10-12)18-21(19,20)14-8-5-9-17-15(14)16-3/h4-11,18H,1-3H3,(H,16,17). The number of rotatable bonds is 5. The topological polar surface area (TPSA) is 71.1 Å². The first kappa shape index (κ1) is 15.3. The summed E-state index contributed by atoms with van der Waals surface area (Å²) in [5.74, 6) is 0.658. The molecule has 0 saturated heterocycles. The lowest BCUT2D eigenvalue weighted by molar-refractivity contribution is 0.601. The summed E-state index contributed by atoms with van der Waals surface area (Å²) in [5.41, 5.74) is 1.63. The number of anilines is 2. The molecule has 0 amide bonds. The summed E-state index contributed by atoms with van der Waals surface area (Å²) < 4.78 is 27.5. The lowest BCUT2D eigenvalue weighted by atomic mass is 10.0. The van der Waals surface area contributed by atoms with Crippen LogP contribution in [-0.2, 0) is 10.0 Å². The van der Waals surface area contributed by atoms with E-state index in [9.17, 15) is 8.42 Å². The van der Waals surface area contributed by atoms with Crippen LogP contribution in [0, 0.1) is 0 Å². The highest BCUT2D eigenvalue weighted by atomic mass is 32.2. The molecule has 5 nitrogen and oxygen atoms in total. The van der Waals surface area contributed by atoms with Gasteiger partial charge in [0.25, 0.3) is 10.0 Å². The molecular formula is C15H19N3O2S. The fourth-order valence-electron chi connectivity index (χ4n) is 1.97. The van der Waals surface area contributed by atoms with Gasteiger partial charge in [-0.2, -0.15) is 0 Å². The zero-order valence-electron chi connectivity index (χ0n) is 12.3. The molecule has 0 fully saturated rings. The van der Waals surface area contributed by atoms with Crippen LogP contribution in [0.25, 0.3) is 0 Å². The maximum atomic E-state index is 12.5. The molecule has 21 heavy (non-hydrogen) atoms. The Balaban J connectivity index is 2.35. The minimum atomic E-state index is -3.67. The smallest absolute Gasteiger partial charge is 0.265 e. The van der Waals surface area contributed by atoms with Gasteiger partial charge in [0.2, 0.25) is 0 Å². The van der Waals surface area contributed by atoms with Gasteiger partial charge in [0.05, 0.1) is 0 Å². The molecule has 1 aromatic carbocycles. The van der Waals surface area contributed by atoms with E-state index in [4.69, 9.17) is 0 Å². The molecule has 6 heteroatoms. The molecule has 0 bridgehead atoms. The van der Waals surface area contributed by atoms with E-state index >= 15 is 0 Å². The highest BCUT2D eigenvalue weighted by Crippen LogP contribution is 2.23. The third-order valence-corrected chi connectivity index (χ3v) is 4.52. The Morgan fingerprint density at radius 2 is 1.90 bits per heavy atom. The first-order chi connectivity index (χ1) is 9.94. The van der Waals surface area contributed by atoms with E-state index in [2.05, 4.69) is 28.9 Å². The molecule has 0 atom stereocenters. The van der Waals surface area contributed by atoms with Crippen molar-refractivity contribution in [3.63, 3.8) is 0 Å². The van der Waals surface area contributed by atoms with Crippen molar-refractivity contribution in [2.45, 2.75) is 24.7 Å². The van der Waals surface area contributed by atoms with Crippen molar-refractivity contribution in [2.75, 3.05) is 17.1 Å². The highest BCUT2D eigenvalue weighted by molar-refractivity contribution is 7.92. The van der Waals surface area contributed by atoms with Gasteiger partial charge in [-0.3, -0.25) is 4.72 Å². The predicted molar refractivity (Wildman–Crippen MR) is 85.1 cm³/mol. The van der Waals surface area contributed by atoms with Gasteiger partial charge in [-0.25, -0.2) is 13.4 Å². The normalized spacial score (nSPS) is 11.4. The Labute approximate surface area is 125 Å². The van der Waals surface area contributed by atoms with Crippen LogP contribution in [0.1, 0.15) is 25.3 Å². The van der Waals surface area contributed by atoms with E-state index in [1.807, 2.05) is 18.2 Å². The number of nitrogens with zero attached hydrogens (tertiary/aromatic N) is 1. The average Bonchev–Trinajstić information content (AvgIpc) is 2.47. The van der Waals surface area contributed by atoms with E-state index in [1.54, 1.807) is 25.4 Å². The second-order valence-electron chi connectivity index (χ2n) is 4.99. The molecule has 0 aliphatic carbocycles. The minimum absolute atomic E-state index is 0.127. The summed E-state index contributed by atoms with van der Waals surface area (Å²) in [6.07, 6.45) is 1.55. The molecule has 2 aromatic rings. The maximum Gasteiger partial charge on any atom is 0.265 e. The fraction of sp³-hybridized carbons (Fsp3) is 0.267. The Morgan fingerprint density at radius 3 is 2.57 bits per heavy atom. The summed E-state index contributed by atoms with van der Waals surface area (Å²) in [6, 6.07) is 10.5. The van der Waals surface area contributed by atoms with Gasteiger partial charge in [0.1, 0.15) is 10.7 Å². The van der Waals surface area contributed by atoms with Gasteiger partial charge in [-0.15, -0.1) is 0 Å². The van der Waals surface area contributed by atoms with Crippen LogP contribution in [0.2, 0.25) is 0 Å². The summed E-state index contributed by atoms with van der Waals surface area (Å²) >= 11 is 0. The van der Waals surface area contributed by atoms with Crippen molar-refractivity contribution in [1.82, 2.24) is 4.98 Å². The Bertz CT molecular complexity index is 727. The summed E-state index contributed by atoms with van der Waals surface area (Å²) in [5, 5.41) is 2.79. The largest absolute Gasteiger partial charge is 0.372 e. The van der Waals surface area contributed by atoms with Gasteiger partial charge >= 0.3 is 0 Å². The minimum Gasteiger partial charge on any atom is -0.372 e. The number of benzene rings is 1. The van der Waals surface area contributed by atoms with Crippen molar-refractivity contribution < 1.29 is 8.42 Å². The van der Waals surface area contributed by atoms with Crippen LogP contribution in [0.15, 0.2) is 47.5 Å². The molecular weight excluding hydrogens is 286 g/mol. The molecule has 0 spiro atoms. The van der Waals surface area contributed by atoms with Crippen molar-refractivity contribution in [1.29, 1.82) is 0 Å². The van der Waals surface area contributed by atoms with Gasteiger partial charge in [-0.1, -0.05) is 26.0 Å². The lowest BCUT2D eigenvalue weighted by Gasteiger charge is -2.12. The van der Waals surface area contributed by atoms with E-state index in [-0.39, 0.29) is 4.90 Å². The quantitative estimate of drug-likeness (QED) is 0.890. The first-order valence-corrected chi connectivity index (χ1v) is 8.18. The molecule has 112 valence electrons. The van der Waals surface area contributed by atoms with Gasteiger partial charge in [0, 0.05) is 18.9 Å². The van der Waals surface area contributed by atoms with Gasteiger partial charge in [-0.05, 0) is 35.7 Å². The van der Waals surface area contributed by atoms with Crippen LogP contribution in [0.3, 0.4) is 0 Å². The number of hydrogen-bond donors (Lipinski definition) is 2. The summed E-state index contributed by atoms with van der Waals surface area (Å²) in [6.45, 7) is 4.13. The number of pyridine rings is 1. The second kappa shape index (κ2) is 6.13. The van der Waals surface area contributed by atoms with Crippen molar-refractivity contribution in [3.05, 3.63) is 48.2 Å². The highest BCUT2D eigenvalue weighted by Gasteiger charge is 2.19. The molecule has 2 N–H and O–H groups in total. The lowest BCUT2D eigenvalue weighted by Crippen LogP contribution is -2.15. The Kier molecular flexibility index (Phi) is 4.47. The monoisotopic (exact) mass is 305 g/mol. The SMILES string of the molecule is CNc1ncccc1S(=O)(=O)Nc1cccc(C(C)C)c1. The van der Waals surface area contributed by atoms with Crippen molar-refractivity contribution in [3.8, 4) is 0 Å². The van der Waals surface area contributed by atoms with Crippen LogP contribution in [0.5, 0.6) is 0 Å². The molecule has 1 heterocycles. The van der Waals surface area contributed by atoms with Crippen molar-refractivity contribution in [2.24, 2.45) is 0 Å². The Morgan fingerprint density at radius 1 is 1.14 bits per heavy atom. The third-order valence-electron chi connectivity index (χ3n) is 3.10. The van der Waals surface area contributed by atoms with Crippen LogP contribution in [0.4, 0.5) is 11.5 Å². The van der Waals surface area contributed by atoms with Gasteiger partial charge < -0.3 is 5.32 Å². The molecule has 0 aliphatic heterocycles. The average molecular weight is 305 g/mol. The van der Waals surface area contributed by atoms with Crippen LogP contribution in [-0.4, -0.2) is 20.4 Å². The molecule has 0 saturated carbocycles. The number of nitrogens with one attached hydrogen (secondary N) is 2. The zero-order chi connectivity index (χ0) is 15.5. The van der Waals surface area contributed by atoms with E-state index in [0.29, 0.717) is 17.4 Å². The van der Waals surface area contributed by atoms with Crippen LogP contribution >= 0.6 is 0 Å². The zero-order valence-corrected chi connectivity index (χ0v) is 13.1.